The maximum absolute atomic E-state index is 2.67. The van der Waals surface area contributed by atoms with Crippen molar-refractivity contribution >= 4 is 0 Å². The van der Waals surface area contributed by atoms with Gasteiger partial charge in [0.15, 0.2) is 0 Å². The first kappa shape index (κ1) is 10.4. The Balaban J connectivity index is 1.61. The standard InChI is InChI=1S/C12H24N2/c1-13-9-5-12(11-13)6-10-14-7-3-2-4-8-14/h12H,2-11H2,1H3/t12-/m1/s1. The number of nitrogens with zero attached hydrogens (tertiary/aromatic N) is 2. The smallest absolute Gasteiger partial charge is 0.000756 e. The van der Waals surface area contributed by atoms with Gasteiger partial charge in [-0.2, -0.15) is 0 Å². The molecule has 2 aliphatic heterocycles. The summed E-state index contributed by atoms with van der Waals surface area (Å²) in [5, 5.41) is 0. The van der Waals surface area contributed by atoms with Crippen molar-refractivity contribution in [2.75, 3.05) is 39.8 Å². The largest absolute Gasteiger partial charge is 0.306 e. The molecule has 0 aromatic heterocycles. The molecule has 2 aliphatic rings. The van der Waals surface area contributed by atoms with E-state index in [-0.39, 0.29) is 0 Å². The zero-order valence-corrected chi connectivity index (χ0v) is 9.54. The lowest BCUT2D eigenvalue weighted by Crippen LogP contribution is -2.31. The summed E-state index contributed by atoms with van der Waals surface area (Å²) in [5.41, 5.74) is 0. The van der Waals surface area contributed by atoms with E-state index >= 15 is 0 Å². The van der Waals surface area contributed by atoms with Crippen LogP contribution in [0.15, 0.2) is 0 Å². The monoisotopic (exact) mass is 196 g/mol. The highest BCUT2D eigenvalue weighted by molar-refractivity contribution is 4.75. The van der Waals surface area contributed by atoms with Crippen molar-refractivity contribution in [2.45, 2.75) is 32.1 Å². The first-order chi connectivity index (χ1) is 6.84. The van der Waals surface area contributed by atoms with E-state index in [0.29, 0.717) is 0 Å². The van der Waals surface area contributed by atoms with Crippen molar-refractivity contribution in [3.63, 3.8) is 0 Å². The first-order valence-electron chi connectivity index (χ1n) is 6.25. The van der Waals surface area contributed by atoms with Crippen LogP contribution in [-0.4, -0.2) is 49.6 Å². The van der Waals surface area contributed by atoms with Crippen molar-refractivity contribution in [1.29, 1.82) is 0 Å². The maximum atomic E-state index is 2.67. The molecule has 0 unspecified atom stereocenters. The quantitative estimate of drug-likeness (QED) is 0.679. The Morgan fingerprint density at radius 3 is 2.50 bits per heavy atom. The fourth-order valence-electron chi connectivity index (χ4n) is 2.81. The van der Waals surface area contributed by atoms with E-state index in [4.69, 9.17) is 0 Å². The van der Waals surface area contributed by atoms with Crippen LogP contribution < -0.4 is 0 Å². The van der Waals surface area contributed by atoms with E-state index in [9.17, 15) is 0 Å². The molecule has 0 radical (unpaired) electrons. The number of piperidine rings is 1. The zero-order valence-electron chi connectivity index (χ0n) is 9.54. The second kappa shape index (κ2) is 5.13. The SMILES string of the molecule is CN1CC[C@H](CCN2CCCCC2)C1. The third-order valence-electron chi connectivity index (χ3n) is 3.79. The number of likely N-dealkylation sites (tertiary alicyclic amines) is 2. The van der Waals surface area contributed by atoms with Crippen molar-refractivity contribution in [1.82, 2.24) is 9.80 Å². The average molecular weight is 196 g/mol. The van der Waals surface area contributed by atoms with Crippen LogP contribution >= 0.6 is 0 Å². The number of hydrogen-bond acceptors (Lipinski definition) is 2. The molecule has 0 amide bonds. The van der Waals surface area contributed by atoms with Crippen LogP contribution in [0.4, 0.5) is 0 Å². The molecule has 0 aromatic carbocycles. The summed E-state index contributed by atoms with van der Waals surface area (Å²) < 4.78 is 0. The topological polar surface area (TPSA) is 6.48 Å². The van der Waals surface area contributed by atoms with Crippen LogP contribution in [0.3, 0.4) is 0 Å². The van der Waals surface area contributed by atoms with Crippen LogP contribution in [0.1, 0.15) is 32.1 Å². The van der Waals surface area contributed by atoms with Gasteiger partial charge >= 0.3 is 0 Å². The van der Waals surface area contributed by atoms with Gasteiger partial charge in [0, 0.05) is 6.54 Å². The Labute approximate surface area is 88.3 Å². The normalized spacial score (nSPS) is 31.1. The van der Waals surface area contributed by atoms with Gasteiger partial charge in [-0.3, -0.25) is 0 Å². The highest BCUT2D eigenvalue weighted by Crippen LogP contribution is 2.19. The lowest BCUT2D eigenvalue weighted by molar-refractivity contribution is 0.213. The van der Waals surface area contributed by atoms with Gasteiger partial charge in [-0.1, -0.05) is 6.42 Å². The lowest BCUT2D eigenvalue weighted by atomic mass is 10.0. The van der Waals surface area contributed by atoms with Gasteiger partial charge < -0.3 is 9.80 Å². The molecule has 0 N–H and O–H groups in total. The molecule has 1 atom stereocenters. The fraction of sp³-hybridized carbons (Fsp3) is 1.00. The fourth-order valence-corrected chi connectivity index (χ4v) is 2.81. The van der Waals surface area contributed by atoms with Gasteiger partial charge in [0.05, 0.1) is 0 Å². The van der Waals surface area contributed by atoms with Gasteiger partial charge in [0.25, 0.3) is 0 Å². The second-order valence-electron chi connectivity index (χ2n) is 5.11. The highest BCUT2D eigenvalue weighted by Gasteiger charge is 2.20. The Morgan fingerprint density at radius 1 is 1.07 bits per heavy atom. The molecule has 0 aromatic rings. The lowest BCUT2D eigenvalue weighted by Gasteiger charge is -2.27. The number of hydrogen-bond donors (Lipinski definition) is 0. The minimum absolute atomic E-state index is 0.988. The molecule has 2 nitrogen and oxygen atoms in total. The summed E-state index contributed by atoms with van der Waals surface area (Å²) in [6, 6.07) is 0. The van der Waals surface area contributed by atoms with Crippen LogP contribution in [0.25, 0.3) is 0 Å². The van der Waals surface area contributed by atoms with E-state index in [1.165, 1.54) is 64.8 Å². The minimum atomic E-state index is 0.988. The van der Waals surface area contributed by atoms with E-state index in [1.807, 2.05) is 0 Å². The Morgan fingerprint density at radius 2 is 1.86 bits per heavy atom. The summed E-state index contributed by atoms with van der Waals surface area (Å²) in [4.78, 5) is 5.14. The molecule has 0 bridgehead atoms. The van der Waals surface area contributed by atoms with Crippen LogP contribution in [-0.2, 0) is 0 Å². The molecule has 0 spiro atoms. The van der Waals surface area contributed by atoms with Crippen molar-refractivity contribution in [3.05, 3.63) is 0 Å². The highest BCUT2D eigenvalue weighted by atomic mass is 15.1. The summed E-state index contributed by atoms with van der Waals surface area (Å²) in [5.74, 6) is 0.988. The first-order valence-corrected chi connectivity index (χ1v) is 6.25. The van der Waals surface area contributed by atoms with E-state index in [1.54, 1.807) is 0 Å². The van der Waals surface area contributed by atoms with Crippen molar-refractivity contribution in [3.8, 4) is 0 Å². The molecule has 0 aliphatic carbocycles. The summed E-state index contributed by atoms with van der Waals surface area (Å²) in [6.07, 6.45) is 7.20. The number of rotatable bonds is 3. The molecule has 0 saturated carbocycles. The molecule has 2 heteroatoms. The molecule has 82 valence electrons. The van der Waals surface area contributed by atoms with Crippen molar-refractivity contribution < 1.29 is 0 Å². The van der Waals surface area contributed by atoms with E-state index < -0.39 is 0 Å². The molecule has 2 rings (SSSR count). The van der Waals surface area contributed by atoms with Gasteiger partial charge in [0.1, 0.15) is 0 Å². The van der Waals surface area contributed by atoms with Crippen LogP contribution in [0, 0.1) is 5.92 Å². The van der Waals surface area contributed by atoms with E-state index in [0.717, 1.165) is 5.92 Å². The summed E-state index contributed by atoms with van der Waals surface area (Å²) in [6.45, 7) is 6.75. The summed E-state index contributed by atoms with van der Waals surface area (Å²) in [7, 11) is 2.25. The Hall–Kier alpha value is -0.0800. The Bertz CT molecular complexity index is 159. The average Bonchev–Trinajstić information content (AvgIpc) is 2.63. The third kappa shape index (κ3) is 2.96. The van der Waals surface area contributed by atoms with Crippen LogP contribution in [0.5, 0.6) is 0 Å². The van der Waals surface area contributed by atoms with Gasteiger partial charge in [-0.15, -0.1) is 0 Å². The third-order valence-corrected chi connectivity index (χ3v) is 3.79. The van der Waals surface area contributed by atoms with E-state index in [2.05, 4.69) is 16.8 Å². The molecule has 14 heavy (non-hydrogen) atoms. The van der Waals surface area contributed by atoms with Gasteiger partial charge in [0.2, 0.25) is 0 Å². The second-order valence-corrected chi connectivity index (χ2v) is 5.11. The minimum Gasteiger partial charge on any atom is -0.306 e. The molecule has 2 fully saturated rings. The zero-order chi connectivity index (χ0) is 9.80. The molecule has 2 saturated heterocycles. The molecule has 2 heterocycles. The van der Waals surface area contributed by atoms with Crippen molar-refractivity contribution in [2.24, 2.45) is 5.92 Å². The van der Waals surface area contributed by atoms with Gasteiger partial charge in [-0.05, 0) is 64.8 Å². The molecular weight excluding hydrogens is 172 g/mol. The Kier molecular flexibility index (Phi) is 3.82. The predicted octanol–water partition coefficient (Wildman–Crippen LogP) is 1.81. The molecular formula is C12H24N2. The van der Waals surface area contributed by atoms with Crippen LogP contribution in [0.2, 0.25) is 0 Å². The predicted molar refractivity (Wildman–Crippen MR) is 60.5 cm³/mol. The van der Waals surface area contributed by atoms with Gasteiger partial charge in [-0.25, -0.2) is 0 Å². The summed E-state index contributed by atoms with van der Waals surface area (Å²) >= 11 is 0. The maximum Gasteiger partial charge on any atom is 0.000756 e.